The average molecular weight is 423 g/mol. The zero-order valence-electron chi connectivity index (χ0n) is 17.9. The molecule has 0 amide bonds. The molecule has 1 N–H and O–H groups in total. The fourth-order valence-corrected chi connectivity index (χ4v) is 15.0. The topological polar surface area (TPSA) is 74.2 Å². The van der Waals surface area contributed by atoms with Gasteiger partial charge < -0.3 is 22.8 Å². The summed E-state index contributed by atoms with van der Waals surface area (Å²) >= 11 is 0. The molecule has 0 aromatic heterocycles. The zero-order chi connectivity index (χ0) is 20.6. The lowest BCUT2D eigenvalue weighted by Crippen LogP contribution is -2.52. The lowest BCUT2D eigenvalue weighted by Gasteiger charge is -2.39. The summed E-state index contributed by atoms with van der Waals surface area (Å²) in [5, 5.41) is 9.46. The Labute approximate surface area is 162 Å². The molecule has 0 aliphatic carbocycles. The number of allylic oxidation sites excluding steroid dienone is 1. The van der Waals surface area contributed by atoms with Crippen LogP contribution in [0.3, 0.4) is 0 Å². The van der Waals surface area contributed by atoms with Crippen LogP contribution in [0.15, 0.2) is 12.2 Å². The first-order valence-corrected chi connectivity index (χ1v) is 18.5. The lowest BCUT2D eigenvalue weighted by molar-refractivity contribution is -0.178. The molecular formula is C17H38O6Si3. The van der Waals surface area contributed by atoms with Crippen LogP contribution in [0.25, 0.3) is 0 Å². The fraction of sp³-hybridized carbons (Fsp3) is 0.824. The number of hydrogen-bond acceptors (Lipinski definition) is 6. The van der Waals surface area contributed by atoms with E-state index in [1.807, 2.05) is 0 Å². The van der Waals surface area contributed by atoms with Crippen molar-refractivity contribution in [1.82, 2.24) is 0 Å². The molecule has 154 valence electrons. The Balaban J connectivity index is 5.13. The van der Waals surface area contributed by atoms with Crippen molar-refractivity contribution in [2.24, 2.45) is 0 Å². The van der Waals surface area contributed by atoms with E-state index in [1.54, 1.807) is 19.9 Å². The van der Waals surface area contributed by atoms with Crippen molar-refractivity contribution in [2.75, 3.05) is 6.61 Å². The fourth-order valence-electron chi connectivity index (χ4n) is 2.53. The smallest absolute Gasteiger partial charge is 0.332 e. The highest BCUT2D eigenvalue weighted by Gasteiger charge is 2.40. The van der Waals surface area contributed by atoms with E-state index >= 15 is 0 Å². The standard InChI is InChI=1S/C17H38O6Si3/c1-10-11-16(19)21-17(20-14-15(2)18)12-13-26(9,22-24(3,4)5)23-25(6,7)8/h10-11,15,17-18H,12-14H2,1-9H3. The van der Waals surface area contributed by atoms with Gasteiger partial charge in [0.2, 0.25) is 6.29 Å². The number of ether oxygens (including phenoxy) is 2. The van der Waals surface area contributed by atoms with E-state index in [4.69, 9.17) is 17.7 Å². The molecule has 0 aromatic carbocycles. The van der Waals surface area contributed by atoms with Crippen LogP contribution in [0.5, 0.6) is 0 Å². The third kappa shape index (κ3) is 13.8. The second kappa shape index (κ2) is 10.9. The number of carbonyl (C=O) groups is 1. The van der Waals surface area contributed by atoms with Gasteiger partial charge in [-0.05, 0) is 65.7 Å². The molecule has 0 aliphatic heterocycles. The Hall–Kier alpha value is -0.299. The molecular weight excluding hydrogens is 384 g/mol. The molecule has 6 nitrogen and oxygen atoms in total. The van der Waals surface area contributed by atoms with Crippen molar-refractivity contribution in [2.45, 2.75) is 84.5 Å². The summed E-state index contributed by atoms with van der Waals surface area (Å²) in [6, 6.07) is 0.662. The first-order valence-electron chi connectivity index (χ1n) is 9.19. The van der Waals surface area contributed by atoms with Gasteiger partial charge in [0.25, 0.3) is 0 Å². The Kier molecular flexibility index (Phi) is 10.8. The normalized spacial score (nSPS) is 15.9. The quantitative estimate of drug-likeness (QED) is 0.222. The predicted octanol–water partition coefficient (Wildman–Crippen LogP) is 3.99. The van der Waals surface area contributed by atoms with E-state index in [-0.39, 0.29) is 6.61 Å². The second-order valence-electron chi connectivity index (χ2n) is 8.65. The van der Waals surface area contributed by atoms with Gasteiger partial charge in [-0.15, -0.1) is 0 Å². The van der Waals surface area contributed by atoms with Crippen molar-refractivity contribution in [3.05, 3.63) is 12.2 Å². The molecule has 26 heavy (non-hydrogen) atoms. The van der Waals surface area contributed by atoms with Crippen LogP contribution in [-0.2, 0) is 22.5 Å². The summed E-state index contributed by atoms with van der Waals surface area (Å²) < 4.78 is 23.9. The number of hydrogen-bond donors (Lipinski definition) is 1. The third-order valence-corrected chi connectivity index (χ3v) is 12.5. The Morgan fingerprint density at radius 1 is 1.04 bits per heavy atom. The molecule has 0 spiro atoms. The molecule has 9 heteroatoms. The summed E-state index contributed by atoms with van der Waals surface area (Å²) in [5.74, 6) is -0.455. The van der Waals surface area contributed by atoms with E-state index < -0.39 is 43.6 Å². The highest BCUT2D eigenvalue weighted by atomic mass is 28.5. The van der Waals surface area contributed by atoms with Gasteiger partial charge in [0.1, 0.15) is 0 Å². The van der Waals surface area contributed by atoms with Crippen LogP contribution in [0, 0.1) is 0 Å². The molecule has 0 bridgehead atoms. The Morgan fingerprint density at radius 3 is 1.92 bits per heavy atom. The minimum Gasteiger partial charge on any atom is -0.437 e. The summed E-state index contributed by atoms with van der Waals surface area (Å²) in [4.78, 5) is 11.8. The summed E-state index contributed by atoms with van der Waals surface area (Å²) in [7, 11) is -6.01. The number of rotatable bonds is 12. The highest BCUT2D eigenvalue weighted by molar-refractivity contribution is 6.87. The van der Waals surface area contributed by atoms with Gasteiger partial charge in [-0.2, -0.15) is 0 Å². The maximum Gasteiger partial charge on any atom is 0.332 e. The molecule has 0 aliphatic rings. The van der Waals surface area contributed by atoms with Gasteiger partial charge in [0.15, 0.2) is 16.6 Å². The van der Waals surface area contributed by atoms with Gasteiger partial charge >= 0.3 is 14.5 Å². The molecule has 0 aromatic rings. The number of carbonyl (C=O) groups excluding carboxylic acids is 1. The summed E-state index contributed by atoms with van der Waals surface area (Å²) in [6.45, 7) is 18.5. The number of esters is 1. The average Bonchev–Trinajstić information content (AvgIpc) is 2.37. The second-order valence-corrected chi connectivity index (χ2v) is 21.5. The van der Waals surface area contributed by atoms with Gasteiger partial charge in [0.05, 0.1) is 12.7 Å². The van der Waals surface area contributed by atoms with Gasteiger partial charge in [-0.25, -0.2) is 4.79 Å². The van der Waals surface area contributed by atoms with Crippen LogP contribution < -0.4 is 0 Å². The van der Waals surface area contributed by atoms with Crippen LogP contribution in [-0.4, -0.2) is 55.3 Å². The van der Waals surface area contributed by atoms with Crippen LogP contribution in [0.2, 0.25) is 51.9 Å². The van der Waals surface area contributed by atoms with Gasteiger partial charge in [0, 0.05) is 12.5 Å². The zero-order valence-corrected chi connectivity index (χ0v) is 20.9. The largest absolute Gasteiger partial charge is 0.437 e. The highest BCUT2D eigenvalue weighted by Crippen LogP contribution is 2.26. The van der Waals surface area contributed by atoms with Crippen molar-refractivity contribution in [1.29, 1.82) is 0 Å². The predicted molar refractivity (Wildman–Crippen MR) is 112 cm³/mol. The molecule has 2 atom stereocenters. The van der Waals surface area contributed by atoms with Crippen LogP contribution >= 0.6 is 0 Å². The molecule has 0 radical (unpaired) electrons. The summed E-state index contributed by atoms with van der Waals surface area (Å²) in [5.41, 5.74) is 0. The molecule has 0 saturated carbocycles. The van der Waals surface area contributed by atoms with Crippen molar-refractivity contribution < 1.29 is 27.6 Å². The Morgan fingerprint density at radius 2 is 1.54 bits per heavy atom. The molecule has 0 rings (SSSR count). The number of aliphatic hydroxyl groups excluding tert-OH is 1. The summed E-state index contributed by atoms with van der Waals surface area (Å²) in [6.07, 6.45) is 2.10. The van der Waals surface area contributed by atoms with E-state index in [1.165, 1.54) is 6.08 Å². The van der Waals surface area contributed by atoms with Gasteiger partial charge in [-0.1, -0.05) is 6.08 Å². The first kappa shape index (κ1) is 25.7. The van der Waals surface area contributed by atoms with Crippen LogP contribution in [0.4, 0.5) is 0 Å². The molecule has 0 heterocycles. The lowest BCUT2D eigenvalue weighted by atomic mass is 10.4. The molecule has 0 saturated heterocycles. The minimum absolute atomic E-state index is 0.107. The molecule has 0 fully saturated rings. The van der Waals surface area contributed by atoms with Crippen molar-refractivity contribution in [3.8, 4) is 0 Å². The Bertz CT molecular complexity index is 438. The van der Waals surface area contributed by atoms with Crippen LogP contribution in [0.1, 0.15) is 20.3 Å². The van der Waals surface area contributed by atoms with Crippen molar-refractivity contribution >= 4 is 31.2 Å². The SMILES string of the molecule is CC=CC(=O)OC(CC[Si](C)(O[Si](C)(C)C)O[Si](C)(C)C)OCC(C)O. The van der Waals surface area contributed by atoms with E-state index in [2.05, 4.69) is 45.8 Å². The maximum absolute atomic E-state index is 11.8. The monoisotopic (exact) mass is 422 g/mol. The first-order chi connectivity index (χ1) is 11.7. The molecule has 2 unspecified atom stereocenters. The van der Waals surface area contributed by atoms with E-state index in [9.17, 15) is 9.90 Å². The van der Waals surface area contributed by atoms with E-state index in [0.717, 1.165) is 0 Å². The third-order valence-electron chi connectivity index (χ3n) is 2.95. The number of aliphatic hydroxyl groups is 1. The van der Waals surface area contributed by atoms with Crippen molar-refractivity contribution in [3.63, 3.8) is 0 Å². The van der Waals surface area contributed by atoms with E-state index in [0.29, 0.717) is 12.5 Å². The minimum atomic E-state index is -2.44. The maximum atomic E-state index is 11.8. The van der Waals surface area contributed by atoms with Gasteiger partial charge in [-0.3, -0.25) is 0 Å².